The van der Waals surface area contributed by atoms with Crippen LogP contribution in [-0.4, -0.2) is 16.0 Å². The average molecular weight is 223 g/mol. The van der Waals surface area contributed by atoms with E-state index in [1.165, 1.54) is 0 Å². The van der Waals surface area contributed by atoms with E-state index in [0.29, 0.717) is 12.6 Å². The van der Waals surface area contributed by atoms with E-state index in [1.54, 1.807) is 4.57 Å². The van der Waals surface area contributed by atoms with Crippen LogP contribution in [-0.2, 0) is 11.3 Å². The Hall–Kier alpha value is -1.32. The van der Waals surface area contributed by atoms with E-state index in [0.717, 1.165) is 0 Å². The Morgan fingerprint density at radius 2 is 2.12 bits per heavy atom. The Kier molecular flexibility index (Phi) is 3.73. The smallest absolute Gasteiger partial charge is 0.260 e. The van der Waals surface area contributed by atoms with Crippen LogP contribution in [0, 0.1) is 6.33 Å². The molecule has 0 aromatic carbocycles. The first-order chi connectivity index (χ1) is 7.28. The minimum atomic E-state index is -0.182. The molecule has 16 heavy (non-hydrogen) atoms. The lowest BCUT2D eigenvalue weighted by Crippen LogP contribution is -2.42. The topological polar surface area (TPSA) is 37.9 Å². The van der Waals surface area contributed by atoms with Gasteiger partial charge < -0.3 is 14.5 Å². The van der Waals surface area contributed by atoms with Crippen molar-refractivity contribution in [3.63, 3.8) is 0 Å². The summed E-state index contributed by atoms with van der Waals surface area (Å²) in [7, 11) is 0. The normalized spacial score (nSPS) is 11.9. The predicted octanol–water partition coefficient (Wildman–Crippen LogP) is 1.07. The molecular formula is C12H21N3O. The minimum absolute atomic E-state index is 0.00950. The number of nitrogens with zero attached hydrogens (tertiary/aromatic N) is 2. The maximum atomic E-state index is 11.6. The second-order valence-corrected chi connectivity index (χ2v) is 5.33. The first kappa shape index (κ1) is 12.7. The number of imidazole rings is 1. The number of amides is 1. The highest BCUT2D eigenvalue weighted by molar-refractivity contribution is 5.76. The van der Waals surface area contributed by atoms with E-state index in [2.05, 4.69) is 25.5 Å². The highest BCUT2D eigenvalue weighted by atomic mass is 16.2. The van der Waals surface area contributed by atoms with Crippen LogP contribution in [0.2, 0.25) is 0 Å². The van der Waals surface area contributed by atoms with Gasteiger partial charge >= 0.3 is 0 Å². The average Bonchev–Trinajstić information content (AvgIpc) is 2.48. The highest BCUT2D eigenvalue weighted by Crippen LogP contribution is 1.99. The van der Waals surface area contributed by atoms with Gasteiger partial charge in [0.05, 0.1) is 6.04 Å². The van der Waals surface area contributed by atoms with Crippen molar-refractivity contribution in [2.45, 2.75) is 52.7 Å². The van der Waals surface area contributed by atoms with Crippen LogP contribution in [0.1, 0.15) is 40.7 Å². The van der Waals surface area contributed by atoms with Crippen LogP contribution >= 0.6 is 0 Å². The van der Waals surface area contributed by atoms with Crippen LogP contribution in [0.15, 0.2) is 12.4 Å². The van der Waals surface area contributed by atoms with E-state index < -0.39 is 0 Å². The Morgan fingerprint density at radius 3 is 2.56 bits per heavy atom. The SMILES string of the molecule is CC(C)[n+]1[c-]n(CC(=O)NC(C)(C)C)cc1. The van der Waals surface area contributed by atoms with Crippen LogP contribution < -0.4 is 9.88 Å². The molecule has 0 bridgehead atoms. The van der Waals surface area contributed by atoms with E-state index in [-0.39, 0.29) is 11.4 Å². The zero-order chi connectivity index (χ0) is 12.3. The molecule has 4 nitrogen and oxygen atoms in total. The lowest BCUT2D eigenvalue weighted by Gasteiger charge is -2.20. The molecule has 0 fully saturated rings. The summed E-state index contributed by atoms with van der Waals surface area (Å²) in [6, 6.07) is 0.368. The zero-order valence-corrected chi connectivity index (χ0v) is 10.7. The number of nitrogens with one attached hydrogen (secondary N) is 1. The van der Waals surface area contributed by atoms with Crippen LogP contribution in [0.3, 0.4) is 0 Å². The largest absolute Gasteiger partial charge is 0.349 e. The molecule has 1 rings (SSSR count). The molecule has 1 aromatic heterocycles. The molecule has 0 aliphatic rings. The standard InChI is InChI=1S/C12H21N3O/c1-10(2)15-7-6-14(9-15)8-11(16)13-12(3,4)5/h6-7,10H,8H2,1-5H3,(H,13,16). The molecule has 0 aliphatic carbocycles. The van der Waals surface area contributed by atoms with Crippen molar-refractivity contribution in [3.05, 3.63) is 18.7 Å². The van der Waals surface area contributed by atoms with Crippen molar-refractivity contribution in [3.8, 4) is 0 Å². The van der Waals surface area contributed by atoms with E-state index >= 15 is 0 Å². The Bertz CT molecular complexity index is 361. The van der Waals surface area contributed by atoms with Gasteiger partial charge in [-0.1, -0.05) is 0 Å². The highest BCUT2D eigenvalue weighted by Gasteiger charge is 2.14. The quantitative estimate of drug-likeness (QED) is 0.604. The van der Waals surface area contributed by atoms with E-state index in [1.807, 2.05) is 37.7 Å². The van der Waals surface area contributed by atoms with Crippen LogP contribution in [0.4, 0.5) is 0 Å². The van der Waals surface area contributed by atoms with Crippen molar-refractivity contribution in [2.24, 2.45) is 0 Å². The fourth-order valence-corrected chi connectivity index (χ4v) is 1.36. The minimum Gasteiger partial charge on any atom is -0.349 e. The summed E-state index contributed by atoms with van der Waals surface area (Å²) in [6.07, 6.45) is 6.89. The molecule has 0 spiro atoms. The van der Waals surface area contributed by atoms with Gasteiger partial charge in [0.25, 0.3) is 5.91 Å². The first-order valence-electron chi connectivity index (χ1n) is 5.58. The second-order valence-electron chi connectivity index (χ2n) is 5.33. The number of aromatic nitrogens is 2. The molecule has 90 valence electrons. The molecule has 1 N–H and O–H groups in total. The van der Waals surface area contributed by atoms with E-state index in [4.69, 9.17) is 0 Å². The summed E-state index contributed by atoms with van der Waals surface area (Å²) < 4.78 is 3.71. The molecule has 1 aromatic rings. The number of hydrogen-bond donors (Lipinski definition) is 1. The molecule has 0 radical (unpaired) electrons. The monoisotopic (exact) mass is 223 g/mol. The van der Waals surface area contributed by atoms with Gasteiger partial charge in [0.1, 0.15) is 6.54 Å². The van der Waals surface area contributed by atoms with Crippen molar-refractivity contribution < 1.29 is 9.36 Å². The van der Waals surface area contributed by atoms with Gasteiger partial charge in [-0.2, -0.15) is 0 Å². The Labute approximate surface area is 97.3 Å². The third-order valence-corrected chi connectivity index (χ3v) is 2.04. The number of carbonyl (C=O) groups excluding carboxylic acids is 1. The van der Waals surface area contributed by atoms with Crippen molar-refractivity contribution in [1.82, 2.24) is 9.88 Å². The Balaban J connectivity index is 2.57. The predicted molar refractivity (Wildman–Crippen MR) is 61.7 cm³/mol. The lowest BCUT2D eigenvalue weighted by molar-refractivity contribution is -0.719. The van der Waals surface area contributed by atoms with Gasteiger partial charge in [0.2, 0.25) is 6.33 Å². The zero-order valence-electron chi connectivity index (χ0n) is 10.7. The van der Waals surface area contributed by atoms with Gasteiger partial charge in [-0.05, 0) is 47.0 Å². The number of hydrogen-bond acceptors (Lipinski definition) is 1. The summed E-state index contributed by atoms with van der Waals surface area (Å²) in [5, 5.41) is 2.92. The van der Waals surface area contributed by atoms with Crippen LogP contribution in [0.25, 0.3) is 0 Å². The summed E-state index contributed by atoms with van der Waals surface area (Å²) >= 11 is 0. The van der Waals surface area contributed by atoms with Gasteiger partial charge in [0, 0.05) is 5.54 Å². The first-order valence-corrected chi connectivity index (χ1v) is 5.58. The summed E-state index contributed by atoms with van der Waals surface area (Å²) in [5.74, 6) is 0.00950. The third-order valence-electron chi connectivity index (χ3n) is 2.04. The summed E-state index contributed by atoms with van der Waals surface area (Å²) in [4.78, 5) is 11.6. The molecular weight excluding hydrogens is 202 g/mol. The summed E-state index contributed by atoms with van der Waals surface area (Å²) in [6.45, 7) is 10.4. The van der Waals surface area contributed by atoms with Gasteiger partial charge in [-0.15, -0.1) is 0 Å². The maximum absolute atomic E-state index is 11.6. The second kappa shape index (κ2) is 4.68. The summed E-state index contributed by atoms with van der Waals surface area (Å²) in [5.41, 5.74) is -0.182. The van der Waals surface area contributed by atoms with Gasteiger partial charge in [-0.25, -0.2) is 0 Å². The van der Waals surface area contributed by atoms with Gasteiger partial charge in [0.15, 0.2) is 0 Å². The van der Waals surface area contributed by atoms with Crippen molar-refractivity contribution in [1.29, 1.82) is 0 Å². The lowest BCUT2D eigenvalue weighted by atomic mass is 10.1. The van der Waals surface area contributed by atoms with Gasteiger partial charge in [-0.3, -0.25) is 4.79 Å². The fraction of sp³-hybridized carbons (Fsp3) is 0.667. The third kappa shape index (κ3) is 4.04. The van der Waals surface area contributed by atoms with Crippen LogP contribution in [0.5, 0.6) is 0 Å². The van der Waals surface area contributed by atoms with Crippen molar-refractivity contribution >= 4 is 5.91 Å². The Morgan fingerprint density at radius 1 is 1.50 bits per heavy atom. The molecule has 1 amide bonds. The molecule has 0 unspecified atom stereocenters. The number of rotatable bonds is 3. The molecule has 1 heterocycles. The molecule has 4 heteroatoms. The molecule has 0 atom stereocenters. The molecule has 0 saturated heterocycles. The fourth-order valence-electron chi connectivity index (χ4n) is 1.36. The molecule has 0 aliphatic heterocycles. The maximum Gasteiger partial charge on any atom is 0.260 e. The number of carbonyl (C=O) groups is 1. The van der Waals surface area contributed by atoms with Crippen molar-refractivity contribution in [2.75, 3.05) is 0 Å². The van der Waals surface area contributed by atoms with E-state index in [9.17, 15) is 4.79 Å². The molecule has 0 saturated carbocycles.